The fraction of sp³-hybridized carbons (Fsp3) is 0.500. The van der Waals surface area contributed by atoms with Gasteiger partial charge in [0.2, 0.25) is 0 Å². The third-order valence-electron chi connectivity index (χ3n) is 3.08. The minimum Gasteiger partial charge on any atom is -0.469 e. The number of carbonyl (C=O) groups is 1. The Kier molecular flexibility index (Phi) is 3.97. The van der Waals surface area contributed by atoms with Crippen LogP contribution in [0.5, 0.6) is 0 Å². The van der Waals surface area contributed by atoms with Gasteiger partial charge in [-0.2, -0.15) is 0 Å². The molecule has 0 saturated heterocycles. The molecule has 2 heteroatoms. The van der Waals surface area contributed by atoms with Gasteiger partial charge in [0.25, 0.3) is 0 Å². The van der Waals surface area contributed by atoms with Gasteiger partial charge in [-0.05, 0) is 43.4 Å². The van der Waals surface area contributed by atoms with Gasteiger partial charge in [0.1, 0.15) is 5.76 Å². The van der Waals surface area contributed by atoms with Gasteiger partial charge in [0.15, 0.2) is 5.78 Å². The van der Waals surface area contributed by atoms with Crippen LogP contribution in [0.2, 0.25) is 0 Å². The van der Waals surface area contributed by atoms with Crippen molar-refractivity contribution >= 4 is 5.78 Å². The molecule has 0 atom stereocenters. The molecule has 0 aromatic carbocycles. The number of hydrogen-bond donors (Lipinski definition) is 0. The van der Waals surface area contributed by atoms with E-state index in [9.17, 15) is 4.79 Å². The van der Waals surface area contributed by atoms with Crippen molar-refractivity contribution < 1.29 is 9.21 Å². The van der Waals surface area contributed by atoms with Gasteiger partial charge in [-0.15, -0.1) is 0 Å². The van der Waals surface area contributed by atoms with Gasteiger partial charge in [-0.25, -0.2) is 0 Å². The maximum Gasteiger partial charge on any atom is 0.158 e. The molecule has 0 aliphatic heterocycles. The molecule has 1 aromatic heterocycles. The average molecular weight is 218 g/mol. The number of furan rings is 1. The van der Waals surface area contributed by atoms with E-state index in [-0.39, 0.29) is 0 Å². The molecule has 2 rings (SSSR count). The summed E-state index contributed by atoms with van der Waals surface area (Å²) < 4.78 is 5.22. The zero-order chi connectivity index (χ0) is 11.2. The Morgan fingerprint density at radius 3 is 3.06 bits per heavy atom. The molecule has 0 bridgehead atoms. The van der Waals surface area contributed by atoms with Crippen LogP contribution in [-0.2, 0) is 11.2 Å². The first kappa shape index (κ1) is 11.2. The lowest BCUT2D eigenvalue weighted by atomic mass is 10.0. The predicted octanol–water partition coefficient (Wildman–Crippen LogP) is 3.67. The van der Waals surface area contributed by atoms with Crippen LogP contribution in [0.4, 0.5) is 0 Å². The number of ketones is 1. The summed E-state index contributed by atoms with van der Waals surface area (Å²) in [4.78, 5) is 11.9. The minimum absolute atomic E-state index is 0.304. The molecule has 0 amide bonds. The van der Waals surface area contributed by atoms with Gasteiger partial charge in [0.05, 0.1) is 6.26 Å². The quantitative estimate of drug-likeness (QED) is 0.771. The zero-order valence-corrected chi connectivity index (χ0v) is 9.58. The number of Topliss-reactive ketones (excluding diaryl/α,β-unsaturated/α-hetero) is 1. The Bertz CT molecular complexity index is 360. The average Bonchev–Trinajstić information content (AvgIpc) is 2.66. The molecular weight excluding hydrogens is 200 g/mol. The van der Waals surface area contributed by atoms with Crippen molar-refractivity contribution in [2.75, 3.05) is 0 Å². The van der Waals surface area contributed by atoms with Crippen molar-refractivity contribution in [1.82, 2.24) is 0 Å². The lowest BCUT2D eigenvalue weighted by Crippen LogP contribution is -2.03. The topological polar surface area (TPSA) is 30.2 Å². The fourth-order valence-corrected chi connectivity index (χ4v) is 2.12. The third kappa shape index (κ3) is 3.09. The molecule has 0 spiro atoms. The van der Waals surface area contributed by atoms with Crippen LogP contribution < -0.4 is 0 Å². The minimum atomic E-state index is 0.304. The maximum absolute atomic E-state index is 11.9. The van der Waals surface area contributed by atoms with E-state index in [1.54, 1.807) is 6.26 Å². The molecule has 0 unspecified atom stereocenters. The van der Waals surface area contributed by atoms with E-state index >= 15 is 0 Å². The van der Waals surface area contributed by atoms with Gasteiger partial charge in [0, 0.05) is 12.8 Å². The zero-order valence-electron chi connectivity index (χ0n) is 9.58. The molecule has 1 aromatic rings. The summed E-state index contributed by atoms with van der Waals surface area (Å²) in [6.07, 6.45) is 10.8. The van der Waals surface area contributed by atoms with E-state index < -0.39 is 0 Å². The summed E-state index contributed by atoms with van der Waals surface area (Å²) in [5, 5.41) is 0. The van der Waals surface area contributed by atoms with E-state index in [1.807, 2.05) is 12.1 Å². The second-order valence-electron chi connectivity index (χ2n) is 4.33. The van der Waals surface area contributed by atoms with Crippen molar-refractivity contribution in [1.29, 1.82) is 0 Å². The SMILES string of the molecule is O=C(CCc1ccco1)C1=CCCCCC1. The van der Waals surface area contributed by atoms with Crippen molar-refractivity contribution in [3.05, 3.63) is 35.8 Å². The summed E-state index contributed by atoms with van der Waals surface area (Å²) in [6.45, 7) is 0. The lowest BCUT2D eigenvalue weighted by molar-refractivity contribution is -0.115. The highest BCUT2D eigenvalue weighted by molar-refractivity contribution is 5.95. The number of rotatable bonds is 4. The number of hydrogen-bond acceptors (Lipinski definition) is 2. The summed E-state index contributed by atoms with van der Waals surface area (Å²) in [6, 6.07) is 3.79. The standard InChI is InChI=1S/C14H18O2/c15-14(10-9-13-8-5-11-16-13)12-6-3-1-2-4-7-12/h5-6,8,11H,1-4,7,9-10H2. The molecule has 1 heterocycles. The van der Waals surface area contributed by atoms with Gasteiger partial charge in [-0.1, -0.05) is 12.5 Å². The van der Waals surface area contributed by atoms with E-state index in [1.165, 1.54) is 19.3 Å². The Morgan fingerprint density at radius 1 is 1.31 bits per heavy atom. The van der Waals surface area contributed by atoms with Crippen LogP contribution in [-0.4, -0.2) is 5.78 Å². The highest BCUT2D eigenvalue weighted by atomic mass is 16.3. The van der Waals surface area contributed by atoms with E-state index in [0.29, 0.717) is 12.2 Å². The fourth-order valence-electron chi connectivity index (χ4n) is 2.12. The molecule has 1 aliphatic rings. The Hall–Kier alpha value is -1.31. The van der Waals surface area contributed by atoms with Crippen LogP contribution in [0.3, 0.4) is 0 Å². The number of aryl methyl sites for hydroxylation is 1. The van der Waals surface area contributed by atoms with Crippen molar-refractivity contribution in [2.24, 2.45) is 0 Å². The second-order valence-corrected chi connectivity index (χ2v) is 4.33. The van der Waals surface area contributed by atoms with E-state index in [2.05, 4.69) is 6.08 Å². The largest absolute Gasteiger partial charge is 0.469 e. The molecular formula is C14H18O2. The molecule has 16 heavy (non-hydrogen) atoms. The van der Waals surface area contributed by atoms with Crippen molar-refractivity contribution in [3.63, 3.8) is 0 Å². The van der Waals surface area contributed by atoms with E-state index in [0.717, 1.165) is 30.6 Å². The first-order valence-corrected chi connectivity index (χ1v) is 6.11. The summed E-state index contributed by atoms with van der Waals surface area (Å²) in [5.74, 6) is 1.21. The Morgan fingerprint density at radius 2 is 2.25 bits per heavy atom. The molecule has 0 radical (unpaired) electrons. The normalized spacial score (nSPS) is 16.6. The van der Waals surface area contributed by atoms with Crippen LogP contribution in [0.25, 0.3) is 0 Å². The summed E-state index contributed by atoms with van der Waals surface area (Å²) >= 11 is 0. The Balaban J connectivity index is 1.85. The highest BCUT2D eigenvalue weighted by Gasteiger charge is 2.11. The monoisotopic (exact) mass is 218 g/mol. The molecule has 86 valence electrons. The molecule has 2 nitrogen and oxygen atoms in total. The van der Waals surface area contributed by atoms with Gasteiger partial charge < -0.3 is 4.42 Å². The lowest BCUT2D eigenvalue weighted by Gasteiger charge is -2.03. The molecule has 0 N–H and O–H groups in total. The third-order valence-corrected chi connectivity index (χ3v) is 3.08. The first-order valence-electron chi connectivity index (χ1n) is 6.11. The smallest absolute Gasteiger partial charge is 0.158 e. The van der Waals surface area contributed by atoms with Crippen LogP contribution in [0, 0.1) is 0 Å². The highest BCUT2D eigenvalue weighted by Crippen LogP contribution is 2.19. The summed E-state index contributed by atoms with van der Waals surface area (Å²) in [7, 11) is 0. The first-order chi connectivity index (χ1) is 7.86. The predicted molar refractivity (Wildman–Crippen MR) is 63.2 cm³/mol. The summed E-state index contributed by atoms with van der Waals surface area (Å²) in [5.41, 5.74) is 1.05. The molecule has 0 fully saturated rings. The van der Waals surface area contributed by atoms with Crippen LogP contribution in [0.1, 0.15) is 44.3 Å². The Labute approximate surface area is 96.3 Å². The van der Waals surface area contributed by atoms with Crippen molar-refractivity contribution in [2.45, 2.75) is 44.9 Å². The van der Waals surface area contributed by atoms with Gasteiger partial charge >= 0.3 is 0 Å². The van der Waals surface area contributed by atoms with Crippen molar-refractivity contribution in [3.8, 4) is 0 Å². The number of allylic oxidation sites excluding steroid dienone is 2. The van der Waals surface area contributed by atoms with Gasteiger partial charge in [-0.3, -0.25) is 4.79 Å². The molecule has 1 aliphatic carbocycles. The van der Waals surface area contributed by atoms with Crippen LogP contribution >= 0.6 is 0 Å². The van der Waals surface area contributed by atoms with E-state index in [4.69, 9.17) is 4.42 Å². The number of carbonyl (C=O) groups excluding carboxylic acids is 1. The second kappa shape index (κ2) is 5.69. The maximum atomic E-state index is 11.9. The molecule has 0 saturated carbocycles. The van der Waals surface area contributed by atoms with Crippen LogP contribution in [0.15, 0.2) is 34.5 Å².